The average molecular weight is 347 g/mol. The molecule has 0 spiro atoms. The van der Waals surface area contributed by atoms with Crippen LogP contribution in [0, 0.1) is 0 Å². The summed E-state index contributed by atoms with van der Waals surface area (Å²) in [5, 5.41) is 5.62. The van der Waals surface area contributed by atoms with Crippen LogP contribution in [0.4, 0.5) is 4.79 Å². The topological polar surface area (TPSA) is 70.7 Å². The van der Waals surface area contributed by atoms with Gasteiger partial charge in [-0.25, -0.2) is 4.79 Å². The van der Waals surface area contributed by atoms with E-state index >= 15 is 0 Å². The molecule has 0 unspecified atom stereocenters. The molecular formula is C19H29N3O3. The zero-order valence-corrected chi connectivity index (χ0v) is 15.5. The van der Waals surface area contributed by atoms with Crippen LogP contribution in [0.3, 0.4) is 0 Å². The number of rotatable bonds is 5. The van der Waals surface area contributed by atoms with Gasteiger partial charge in [-0.3, -0.25) is 4.79 Å². The number of ether oxygens (including phenoxy) is 1. The first-order chi connectivity index (χ1) is 11.9. The van der Waals surface area contributed by atoms with Crippen molar-refractivity contribution in [1.29, 1.82) is 0 Å². The first-order valence-corrected chi connectivity index (χ1v) is 8.94. The molecule has 3 amide bonds. The van der Waals surface area contributed by atoms with Gasteiger partial charge in [-0.1, -0.05) is 18.2 Å². The third-order valence-corrected chi connectivity index (χ3v) is 4.76. The zero-order valence-electron chi connectivity index (χ0n) is 15.5. The molecular weight excluding hydrogens is 318 g/mol. The number of methoxy groups -OCH3 is 1. The van der Waals surface area contributed by atoms with Gasteiger partial charge < -0.3 is 20.3 Å². The fourth-order valence-electron chi connectivity index (χ4n) is 3.27. The Morgan fingerprint density at radius 1 is 1.20 bits per heavy atom. The van der Waals surface area contributed by atoms with E-state index in [1.165, 1.54) is 0 Å². The summed E-state index contributed by atoms with van der Waals surface area (Å²) in [5.41, 5.74) is 0.892. The molecule has 1 aliphatic heterocycles. The van der Waals surface area contributed by atoms with Gasteiger partial charge in [0.25, 0.3) is 0 Å². The van der Waals surface area contributed by atoms with Gasteiger partial charge in [0, 0.05) is 18.2 Å². The van der Waals surface area contributed by atoms with Crippen LogP contribution in [-0.2, 0) is 4.79 Å². The number of hydrogen-bond donors (Lipinski definition) is 2. The van der Waals surface area contributed by atoms with Gasteiger partial charge in [0.1, 0.15) is 11.8 Å². The molecule has 1 fully saturated rings. The number of carbonyl (C=O) groups excluding carboxylic acids is 2. The molecule has 3 atom stereocenters. The molecule has 1 saturated heterocycles. The monoisotopic (exact) mass is 347 g/mol. The molecule has 1 aromatic rings. The van der Waals surface area contributed by atoms with E-state index in [0.29, 0.717) is 0 Å². The van der Waals surface area contributed by atoms with Crippen LogP contribution < -0.4 is 15.4 Å². The maximum atomic E-state index is 12.6. The van der Waals surface area contributed by atoms with Crippen LogP contribution in [0.2, 0.25) is 0 Å². The second-order valence-corrected chi connectivity index (χ2v) is 6.68. The molecule has 0 bridgehead atoms. The molecule has 0 saturated carbocycles. The molecule has 25 heavy (non-hydrogen) atoms. The minimum Gasteiger partial charge on any atom is -0.496 e. The Morgan fingerprint density at radius 3 is 2.60 bits per heavy atom. The number of carbonyl (C=O) groups is 2. The summed E-state index contributed by atoms with van der Waals surface area (Å²) < 4.78 is 5.33. The molecule has 2 rings (SSSR count). The van der Waals surface area contributed by atoms with Crippen LogP contribution in [0.5, 0.6) is 5.75 Å². The Hall–Kier alpha value is -2.24. The van der Waals surface area contributed by atoms with Crippen molar-refractivity contribution in [3.63, 3.8) is 0 Å². The number of urea groups is 1. The number of likely N-dealkylation sites (tertiary alicyclic amines) is 1. The lowest BCUT2D eigenvalue weighted by Crippen LogP contribution is -2.53. The van der Waals surface area contributed by atoms with E-state index in [2.05, 4.69) is 17.6 Å². The fourth-order valence-corrected chi connectivity index (χ4v) is 3.27. The highest BCUT2D eigenvalue weighted by Crippen LogP contribution is 2.24. The molecule has 1 aliphatic rings. The van der Waals surface area contributed by atoms with E-state index in [4.69, 9.17) is 4.74 Å². The van der Waals surface area contributed by atoms with E-state index in [9.17, 15) is 9.59 Å². The second-order valence-electron chi connectivity index (χ2n) is 6.68. The Balaban J connectivity index is 1.91. The highest BCUT2D eigenvalue weighted by atomic mass is 16.5. The van der Waals surface area contributed by atoms with Crippen molar-refractivity contribution in [3.05, 3.63) is 29.8 Å². The molecule has 0 aliphatic carbocycles. The maximum Gasteiger partial charge on any atom is 0.315 e. The Bertz CT molecular complexity index is 605. The summed E-state index contributed by atoms with van der Waals surface area (Å²) >= 11 is 0. The number of piperidine rings is 1. The van der Waals surface area contributed by atoms with Gasteiger partial charge in [0.05, 0.1) is 13.2 Å². The van der Waals surface area contributed by atoms with Crippen LogP contribution in [0.15, 0.2) is 24.3 Å². The smallest absolute Gasteiger partial charge is 0.315 e. The summed E-state index contributed by atoms with van der Waals surface area (Å²) in [6.45, 7) is 6.45. The van der Waals surface area contributed by atoms with E-state index in [1.54, 1.807) is 14.0 Å². The molecule has 1 aromatic carbocycles. The number of amides is 3. The fraction of sp³-hybridized carbons (Fsp3) is 0.579. The lowest BCUT2D eigenvalue weighted by atomic mass is 10.0. The van der Waals surface area contributed by atoms with Crippen LogP contribution in [0.1, 0.15) is 51.6 Å². The van der Waals surface area contributed by atoms with Crippen molar-refractivity contribution in [2.24, 2.45) is 0 Å². The lowest BCUT2D eigenvalue weighted by molar-refractivity contribution is -0.136. The second kappa shape index (κ2) is 8.74. The highest BCUT2D eigenvalue weighted by Gasteiger charge is 2.28. The van der Waals surface area contributed by atoms with Crippen molar-refractivity contribution in [1.82, 2.24) is 15.5 Å². The van der Waals surface area contributed by atoms with Gasteiger partial charge in [-0.05, 0) is 46.1 Å². The van der Waals surface area contributed by atoms with E-state index < -0.39 is 6.04 Å². The maximum absolute atomic E-state index is 12.6. The van der Waals surface area contributed by atoms with Gasteiger partial charge in [0.15, 0.2) is 0 Å². The highest BCUT2D eigenvalue weighted by molar-refractivity contribution is 5.87. The van der Waals surface area contributed by atoms with Gasteiger partial charge in [-0.2, -0.15) is 0 Å². The summed E-state index contributed by atoms with van der Waals surface area (Å²) in [6, 6.07) is 6.65. The van der Waals surface area contributed by atoms with Crippen molar-refractivity contribution >= 4 is 11.9 Å². The minimum absolute atomic E-state index is 0.0210. The van der Waals surface area contributed by atoms with Crippen molar-refractivity contribution in [2.75, 3.05) is 13.7 Å². The van der Waals surface area contributed by atoms with Crippen molar-refractivity contribution in [3.8, 4) is 5.75 Å². The van der Waals surface area contributed by atoms with Gasteiger partial charge in [-0.15, -0.1) is 0 Å². The van der Waals surface area contributed by atoms with Crippen LogP contribution in [0.25, 0.3) is 0 Å². The van der Waals surface area contributed by atoms with E-state index in [-0.39, 0.29) is 24.0 Å². The quantitative estimate of drug-likeness (QED) is 0.860. The SMILES string of the molecule is COc1ccccc1[C@H](C)NC(=O)N[C@H](C)C(=O)N1CCCC[C@@H]1C. The summed E-state index contributed by atoms with van der Waals surface area (Å²) in [7, 11) is 1.60. The predicted molar refractivity (Wildman–Crippen MR) is 97.6 cm³/mol. The Morgan fingerprint density at radius 2 is 1.92 bits per heavy atom. The third kappa shape index (κ3) is 4.87. The predicted octanol–water partition coefficient (Wildman–Crippen LogP) is 2.84. The van der Waals surface area contributed by atoms with Crippen molar-refractivity contribution in [2.45, 2.75) is 58.2 Å². The third-order valence-electron chi connectivity index (χ3n) is 4.76. The average Bonchev–Trinajstić information content (AvgIpc) is 2.61. The summed E-state index contributed by atoms with van der Waals surface area (Å²) in [6.07, 6.45) is 3.21. The minimum atomic E-state index is -0.551. The normalized spacial score (nSPS) is 19.7. The largest absolute Gasteiger partial charge is 0.496 e. The van der Waals surface area contributed by atoms with Gasteiger partial charge >= 0.3 is 6.03 Å². The van der Waals surface area contributed by atoms with Crippen LogP contribution in [-0.4, -0.2) is 42.6 Å². The summed E-state index contributed by atoms with van der Waals surface area (Å²) in [4.78, 5) is 26.7. The van der Waals surface area contributed by atoms with E-state index in [0.717, 1.165) is 37.1 Å². The molecule has 0 radical (unpaired) electrons. The summed E-state index contributed by atoms with van der Waals surface area (Å²) in [5.74, 6) is 0.703. The first-order valence-electron chi connectivity index (χ1n) is 8.94. The number of benzene rings is 1. The molecule has 6 heteroatoms. The van der Waals surface area contributed by atoms with Crippen molar-refractivity contribution < 1.29 is 14.3 Å². The van der Waals surface area contributed by atoms with Gasteiger partial charge in [0.2, 0.25) is 5.91 Å². The molecule has 0 aromatic heterocycles. The molecule has 1 heterocycles. The van der Waals surface area contributed by atoms with E-state index in [1.807, 2.05) is 36.1 Å². The molecule has 6 nitrogen and oxygen atoms in total. The standard InChI is InChI=1S/C19H29N3O3/c1-13-9-7-8-12-22(13)18(23)15(3)21-19(24)20-14(2)16-10-5-6-11-17(16)25-4/h5-6,10-11,13-15H,7-9,12H2,1-4H3,(H2,20,21,24)/t13-,14-,15+/m0/s1. The molecule has 138 valence electrons. The zero-order chi connectivity index (χ0) is 18.4. The Labute approximate surface area is 149 Å². The number of hydrogen-bond acceptors (Lipinski definition) is 3. The Kier molecular flexibility index (Phi) is 6.67. The number of nitrogens with one attached hydrogen (secondary N) is 2. The lowest BCUT2D eigenvalue weighted by Gasteiger charge is -2.35. The first kappa shape index (κ1) is 19.1. The molecule has 2 N–H and O–H groups in total. The van der Waals surface area contributed by atoms with Crippen LogP contribution >= 0.6 is 0 Å². The number of para-hydroxylation sites is 1. The number of nitrogens with zero attached hydrogens (tertiary/aromatic N) is 1.